The molecule has 0 bridgehead atoms. The highest BCUT2D eigenvalue weighted by molar-refractivity contribution is 7.47. The molecule has 1 aromatic heterocycles. The number of aromatic amines is 1. The third-order valence-corrected chi connectivity index (χ3v) is 11.7. The second-order valence-electron chi connectivity index (χ2n) is 13.4. The minimum absolute atomic E-state index is 0.113. The molecule has 1 aliphatic rings. The van der Waals surface area contributed by atoms with Gasteiger partial charge in [-0.1, -0.05) is 54.6 Å². The highest BCUT2D eigenvalue weighted by atomic mass is 31.2. The lowest BCUT2D eigenvalue weighted by Crippen LogP contribution is -2.51. The summed E-state index contributed by atoms with van der Waals surface area (Å²) in [5, 5.41) is 9.38. The van der Waals surface area contributed by atoms with Crippen LogP contribution in [0.15, 0.2) is 94.6 Å². The van der Waals surface area contributed by atoms with E-state index in [0.717, 1.165) is 16.7 Å². The smallest absolute Gasteiger partial charge is 0.330 e. The van der Waals surface area contributed by atoms with Gasteiger partial charge in [0.15, 0.2) is 14.7 Å². The summed E-state index contributed by atoms with van der Waals surface area (Å²) in [6.07, 6.45) is 0.445. The van der Waals surface area contributed by atoms with Gasteiger partial charge in [0.25, 0.3) is 5.56 Å². The number of hydrogen-bond acceptors (Lipinski definition) is 10. The van der Waals surface area contributed by atoms with Crippen molar-refractivity contribution >= 4 is 8.45 Å². The SMILES string of the molecule is COc1ccc(C(OC[C@@H]2CN(P(OCCC#N)N(C(C)C)C(C)C)C[C@H](n3cc(C)c(=O)[nH]c3=O)O2)(c2ccccc2)c2ccc(OC)cc2)cc1. The molecule has 1 saturated heterocycles. The Kier molecular flexibility index (Phi) is 13.6. The Labute approximate surface area is 312 Å². The van der Waals surface area contributed by atoms with Crippen LogP contribution in [0.25, 0.3) is 0 Å². The molecule has 2 heterocycles. The summed E-state index contributed by atoms with van der Waals surface area (Å²) in [6, 6.07) is 28.1. The van der Waals surface area contributed by atoms with Gasteiger partial charge in [-0.05, 0) is 75.6 Å². The van der Waals surface area contributed by atoms with Crippen molar-refractivity contribution in [2.24, 2.45) is 0 Å². The summed E-state index contributed by atoms with van der Waals surface area (Å²) < 4.78 is 37.5. The minimum atomic E-state index is -1.42. The first-order valence-electron chi connectivity index (χ1n) is 17.8. The van der Waals surface area contributed by atoms with Gasteiger partial charge in [0.2, 0.25) is 0 Å². The van der Waals surface area contributed by atoms with Crippen LogP contribution < -0.4 is 20.7 Å². The maximum absolute atomic E-state index is 13.3. The maximum atomic E-state index is 13.3. The third kappa shape index (κ3) is 9.07. The van der Waals surface area contributed by atoms with E-state index in [-0.39, 0.29) is 31.7 Å². The molecular weight excluding hydrogens is 693 g/mol. The zero-order valence-corrected chi connectivity index (χ0v) is 32.4. The van der Waals surface area contributed by atoms with E-state index in [1.165, 1.54) is 10.8 Å². The number of ether oxygens (including phenoxy) is 4. The lowest BCUT2D eigenvalue weighted by Gasteiger charge is -2.47. The van der Waals surface area contributed by atoms with E-state index in [0.29, 0.717) is 30.2 Å². The number of H-pyrrole nitrogens is 1. The monoisotopic (exact) mass is 743 g/mol. The number of morpholine rings is 1. The number of rotatable bonds is 16. The van der Waals surface area contributed by atoms with Crippen molar-refractivity contribution in [1.82, 2.24) is 18.9 Å². The number of hydrogen-bond donors (Lipinski definition) is 1. The molecule has 0 saturated carbocycles. The summed E-state index contributed by atoms with van der Waals surface area (Å²) in [5.74, 6) is 1.43. The van der Waals surface area contributed by atoms with Gasteiger partial charge in [0.05, 0.1) is 52.6 Å². The van der Waals surface area contributed by atoms with Gasteiger partial charge >= 0.3 is 5.69 Å². The van der Waals surface area contributed by atoms with Gasteiger partial charge in [-0.2, -0.15) is 5.26 Å². The molecule has 4 aromatic rings. The summed E-state index contributed by atoms with van der Waals surface area (Å²) in [7, 11) is 1.85. The van der Waals surface area contributed by atoms with Crippen LogP contribution in [-0.4, -0.2) is 77.6 Å². The van der Waals surface area contributed by atoms with Crippen LogP contribution in [0.2, 0.25) is 0 Å². The Morgan fingerprint density at radius 3 is 2.00 bits per heavy atom. The van der Waals surface area contributed by atoms with Crippen molar-refractivity contribution in [2.75, 3.05) is 40.5 Å². The zero-order chi connectivity index (χ0) is 38.1. The number of nitriles is 1. The lowest BCUT2D eigenvalue weighted by atomic mass is 9.80. The Morgan fingerprint density at radius 1 is 0.906 bits per heavy atom. The molecule has 12 nitrogen and oxygen atoms in total. The van der Waals surface area contributed by atoms with Crippen molar-refractivity contribution in [3.8, 4) is 17.6 Å². The third-order valence-electron chi connectivity index (χ3n) is 9.16. The molecule has 282 valence electrons. The van der Waals surface area contributed by atoms with E-state index in [1.54, 1.807) is 21.1 Å². The van der Waals surface area contributed by atoms with Crippen molar-refractivity contribution < 1.29 is 23.5 Å². The molecule has 1 unspecified atom stereocenters. The first-order chi connectivity index (χ1) is 25.5. The van der Waals surface area contributed by atoms with Crippen molar-refractivity contribution in [3.05, 3.63) is 128 Å². The molecule has 0 amide bonds. The number of aryl methyl sites for hydroxylation is 1. The predicted molar refractivity (Wildman–Crippen MR) is 205 cm³/mol. The second kappa shape index (κ2) is 18.1. The fourth-order valence-electron chi connectivity index (χ4n) is 6.73. The number of nitrogens with zero attached hydrogens (tertiary/aromatic N) is 4. The van der Waals surface area contributed by atoms with Crippen LogP contribution in [0.3, 0.4) is 0 Å². The van der Waals surface area contributed by atoms with Gasteiger partial charge in [-0.15, -0.1) is 0 Å². The first kappa shape index (κ1) is 39.9. The Balaban J connectivity index is 1.62. The number of methoxy groups -OCH3 is 2. The molecule has 1 fully saturated rings. The summed E-state index contributed by atoms with van der Waals surface area (Å²) in [6.45, 7) is 11.2. The quantitative estimate of drug-likeness (QED) is 0.0788. The number of aromatic nitrogens is 2. The van der Waals surface area contributed by atoms with Gasteiger partial charge in [0, 0.05) is 30.4 Å². The van der Waals surface area contributed by atoms with Crippen LogP contribution in [0.4, 0.5) is 0 Å². The molecule has 1 aliphatic heterocycles. The van der Waals surface area contributed by atoms with E-state index in [4.69, 9.17) is 23.5 Å². The molecule has 0 radical (unpaired) electrons. The summed E-state index contributed by atoms with van der Waals surface area (Å²) in [5.41, 5.74) is 0.930. The molecule has 3 aromatic carbocycles. The molecule has 13 heteroatoms. The van der Waals surface area contributed by atoms with Crippen molar-refractivity contribution in [2.45, 2.75) is 71.1 Å². The van der Waals surface area contributed by atoms with Crippen LogP contribution in [0.1, 0.15) is 62.6 Å². The van der Waals surface area contributed by atoms with Crippen LogP contribution >= 0.6 is 8.45 Å². The molecule has 0 aliphatic carbocycles. The largest absolute Gasteiger partial charge is 0.497 e. The fourth-order valence-corrected chi connectivity index (χ4v) is 8.97. The van der Waals surface area contributed by atoms with Crippen LogP contribution in [0.5, 0.6) is 11.5 Å². The van der Waals surface area contributed by atoms with E-state index in [9.17, 15) is 14.9 Å². The summed E-state index contributed by atoms with van der Waals surface area (Å²) >= 11 is 0. The predicted octanol–water partition coefficient (Wildman–Crippen LogP) is 6.35. The fraction of sp³-hybridized carbons (Fsp3) is 0.425. The molecule has 5 rings (SSSR count). The molecular formula is C40H50N5O7P. The van der Waals surface area contributed by atoms with Gasteiger partial charge in [-0.3, -0.25) is 14.3 Å². The van der Waals surface area contributed by atoms with Crippen LogP contribution in [0, 0.1) is 18.3 Å². The van der Waals surface area contributed by atoms with E-state index in [1.807, 2.05) is 78.9 Å². The standard InChI is InChI=1S/C40H50N5O7P/c1-28(2)45(29(3)4)53(51-23-11-22-41)43-25-36(52-37(26-43)44-24-30(5)38(46)42-39(44)47)27-50-40(31-12-9-8-10-13-31,32-14-18-34(48-6)19-15-32)33-16-20-35(49-7)21-17-33/h8-10,12-21,24,28-29,36-37H,11,23,25-27H2,1-7H3,(H,42,46,47)/t36-,37+,53?/m0/s1. The Hall–Kier alpha value is -4.34. The van der Waals surface area contributed by atoms with Crippen LogP contribution in [-0.2, 0) is 19.6 Å². The Morgan fingerprint density at radius 2 is 1.47 bits per heavy atom. The van der Waals surface area contributed by atoms with Crippen molar-refractivity contribution in [3.63, 3.8) is 0 Å². The molecule has 53 heavy (non-hydrogen) atoms. The highest BCUT2D eigenvalue weighted by Gasteiger charge is 2.42. The normalized spacial score (nSPS) is 17.2. The average molecular weight is 744 g/mol. The van der Waals surface area contributed by atoms with Gasteiger partial charge in [0.1, 0.15) is 17.1 Å². The zero-order valence-electron chi connectivity index (χ0n) is 31.5. The minimum Gasteiger partial charge on any atom is -0.497 e. The second-order valence-corrected chi connectivity index (χ2v) is 15.2. The number of benzene rings is 3. The van der Waals surface area contributed by atoms with E-state index >= 15 is 0 Å². The molecule has 1 N–H and O–H groups in total. The number of nitrogens with one attached hydrogen (secondary N) is 1. The molecule has 0 spiro atoms. The Bertz CT molecular complexity index is 1870. The topological polar surface area (TPSA) is 131 Å². The lowest BCUT2D eigenvalue weighted by molar-refractivity contribution is -0.145. The summed E-state index contributed by atoms with van der Waals surface area (Å²) in [4.78, 5) is 28.1. The molecule has 3 atom stereocenters. The average Bonchev–Trinajstić information content (AvgIpc) is 3.16. The first-order valence-corrected chi connectivity index (χ1v) is 19.0. The van der Waals surface area contributed by atoms with Gasteiger partial charge < -0.3 is 23.5 Å². The van der Waals surface area contributed by atoms with E-state index in [2.05, 4.69) is 48.1 Å². The van der Waals surface area contributed by atoms with Crippen molar-refractivity contribution in [1.29, 1.82) is 5.26 Å². The van der Waals surface area contributed by atoms with E-state index < -0.39 is 37.6 Å². The van der Waals surface area contributed by atoms with Gasteiger partial charge in [-0.25, -0.2) is 14.1 Å². The maximum Gasteiger partial charge on any atom is 0.330 e. The highest BCUT2D eigenvalue weighted by Crippen LogP contribution is 2.51.